The minimum Gasteiger partial charge on any atom is -0.381 e. The zero-order valence-corrected chi connectivity index (χ0v) is 12.6. The number of amides is 1. The summed E-state index contributed by atoms with van der Waals surface area (Å²) in [6.07, 6.45) is 7.19. The molecule has 1 saturated heterocycles. The van der Waals surface area contributed by atoms with Gasteiger partial charge in [-0.05, 0) is 38.0 Å². The Morgan fingerprint density at radius 2 is 1.89 bits per heavy atom. The monoisotopic (exact) mass is 290 g/mol. The fourth-order valence-electron chi connectivity index (χ4n) is 2.92. The van der Waals surface area contributed by atoms with E-state index in [1.165, 1.54) is 19.3 Å². The van der Waals surface area contributed by atoms with Gasteiger partial charge in [-0.15, -0.1) is 12.4 Å². The molecule has 1 aliphatic carbocycles. The molecule has 2 fully saturated rings. The number of nitrogens with two attached hydrogens (primary N) is 1. The number of carbonyl (C=O) groups is 1. The Hall–Kier alpha value is -0.320. The zero-order valence-electron chi connectivity index (χ0n) is 11.8. The molecule has 0 bridgehead atoms. The lowest BCUT2D eigenvalue weighted by Gasteiger charge is -2.33. The summed E-state index contributed by atoms with van der Waals surface area (Å²) in [7, 11) is 0. The van der Waals surface area contributed by atoms with Crippen molar-refractivity contribution in [2.75, 3.05) is 13.2 Å². The highest BCUT2D eigenvalue weighted by Gasteiger charge is 2.36. The Morgan fingerprint density at radius 1 is 1.21 bits per heavy atom. The maximum absolute atomic E-state index is 12.3. The summed E-state index contributed by atoms with van der Waals surface area (Å²) in [6, 6.07) is 0.325. The predicted octanol–water partition coefficient (Wildman–Crippen LogP) is 2.00. The maximum Gasteiger partial charge on any atom is 0.240 e. The van der Waals surface area contributed by atoms with Crippen molar-refractivity contribution < 1.29 is 9.53 Å². The Labute approximate surface area is 122 Å². The number of halogens is 1. The van der Waals surface area contributed by atoms with E-state index in [9.17, 15) is 4.79 Å². The average molecular weight is 291 g/mol. The van der Waals surface area contributed by atoms with E-state index in [1.54, 1.807) is 0 Å². The van der Waals surface area contributed by atoms with Crippen LogP contribution in [0, 0.1) is 5.92 Å². The number of nitrogens with one attached hydrogen (secondary N) is 1. The summed E-state index contributed by atoms with van der Waals surface area (Å²) in [4.78, 5) is 12.3. The molecule has 2 rings (SSSR count). The molecule has 0 radical (unpaired) electrons. The van der Waals surface area contributed by atoms with Gasteiger partial charge in [0.2, 0.25) is 5.91 Å². The lowest BCUT2D eigenvalue weighted by atomic mass is 9.89. The third kappa shape index (κ3) is 4.62. The first-order valence-corrected chi connectivity index (χ1v) is 7.28. The van der Waals surface area contributed by atoms with Crippen LogP contribution in [0.25, 0.3) is 0 Å². The Bertz CT molecular complexity index is 293. The van der Waals surface area contributed by atoms with Gasteiger partial charge in [0.25, 0.3) is 0 Å². The quantitative estimate of drug-likeness (QED) is 0.765. The molecule has 4 nitrogen and oxygen atoms in total. The van der Waals surface area contributed by atoms with Crippen molar-refractivity contribution in [1.82, 2.24) is 5.32 Å². The second-order valence-electron chi connectivity index (χ2n) is 6.05. The number of ether oxygens (including phenoxy) is 1. The fourth-order valence-corrected chi connectivity index (χ4v) is 2.92. The molecule has 0 aromatic rings. The standard InChI is InChI=1S/C14H26N2O2.ClH/c1-11-3-2-4-12(6-5-11)16-13(17)14(15)7-9-18-10-8-14;/h11-12H,2-10,15H2,1H3,(H,16,17);1H. The molecule has 19 heavy (non-hydrogen) atoms. The first-order chi connectivity index (χ1) is 8.60. The molecular formula is C14H27ClN2O2. The van der Waals surface area contributed by atoms with Crippen LogP contribution < -0.4 is 11.1 Å². The Morgan fingerprint density at radius 3 is 2.58 bits per heavy atom. The minimum absolute atomic E-state index is 0. The summed E-state index contributed by atoms with van der Waals surface area (Å²) in [6.45, 7) is 3.50. The van der Waals surface area contributed by atoms with Crippen molar-refractivity contribution in [1.29, 1.82) is 0 Å². The van der Waals surface area contributed by atoms with Crippen LogP contribution in [0.1, 0.15) is 51.9 Å². The minimum atomic E-state index is -0.698. The van der Waals surface area contributed by atoms with Gasteiger partial charge < -0.3 is 15.8 Å². The van der Waals surface area contributed by atoms with Gasteiger partial charge in [-0.3, -0.25) is 4.79 Å². The third-order valence-electron chi connectivity index (χ3n) is 4.43. The second-order valence-corrected chi connectivity index (χ2v) is 6.05. The van der Waals surface area contributed by atoms with Gasteiger partial charge in [-0.25, -0.2) is 0 Å². The SMILES string of the molecule is CC1CCCC(NC(=O)C2(N)CCOCC2)CC1.Cl. The summed E-state index contributed by atoms with van der Waals surface area (Å²) in [5.74, 6) is 0.826. The van der Waals surface area contributed by atoms with Crippen LogP contribution in [0.15, 0.2) is 0 Å². The number of rotatable bonds is 2. The van der Waals surface area contributed by atoms with E-state index in [0.29, 0.717) is 32.1 Å². The summed E-state index contributed by atoms with van der Waals surface area (Å²) in [5.41, 5.74) is 5.50. The number of hydrogen-bond acceptors (Lipinski definition) is 3. The van der Waals surface area contributed by atoms with E-state index in [4.69, 9.17) is 10.5 Å². The van der Waals surface area contributed by atoms with Crippen molar-refractivity contribution in [3.05, 3.63) is 0 Å². The lowest BCUT2D eigenvalue weighted by molar-refractivity contribution is -0.130. The molecular weight excluding hydrogens is 264 g/mol. The van der Waals surface area contributed by atoms with E-state index in [-0.39, 0.29) is 18.3 Å². The topological polar surface area (TPSA) is 64.4 Å². The van der Waals surface area contributed by atoms with Gasteiger partial charge >= 0.3 is 0 Å². The molecule has 1 saturated carbocycles. The van der Waals surface area contributed by atoms with Crippen molar-refractivity contribution in [2.45, 2.75) is 63.5 Å². The molecule has 3 N–H and O–H groups in total. The first kappa shape index (κ1) is 16.7. The zero-order chi connectivity index (χ0) is 13.0. The lowest BCUT2D eigenvalue weighted by Crippen LogP contribution is -2.58. The smallest absolute Gasteiger partial charge is 0.240 e. The molecule has 1 heterocycles. The van der Waals surface area contributed by atoms with Gasteiger partial charge in [-0.2, -0.15) is 0 Å². The molecule has 0 spiro atoms. The summed E-state index contributed by atoms with van der Waals surface area (Å²) >= 11 is 0. The largest absolute Gasteiger partial charge is 0.381 e. The van der Waals surface area contributed by atoms with Crippen molar-refractivity contribution in [2.24, 2.45) is 11.7 Å². The molecule has 1 aliphatic heterocycles. The molecule has 2 aliphatic rings. The third-order valence-corrected chi connectivity index (χ3v) is 4.43. The fraction of sp³-hybridized carbons (Fsp3) is 0.929. The van der Waals surface area contributed by atoms with Crippen molar-refractivity contribution >= 4 is 18.3 Å². The summed E-state index contributed by atoms with van der Waals surface area (Å²) < 4.78 is 5.28. The Balaban J connectivity index is 0.00000180. The summed E-state index contributed by atoms with van der Waals surface area (Å²) in [5, 5.41) is 3.17. The number of hydrogen-bond donors (Lipinski definition) is 2. The van der Waals surface area contributed by atoms with Gasteiger partial charge in [-0.1, -0.05) is 19.8 Å². The normalized spacial score (nSPS) is 30.8. The highest BCUT2D eigenvalue weighted by molar-refractivity contribution is 5.86. The van der Waals surface area contributed by atoms with Gasteiger partial charge in [0.1, 0.15) is 0 Å². The van der Waals surface area contributed by atoms with Crippen molar-refractivity contribution in [3.63, 3.8) is 0 Å². The van der Waals surface area contributed by atoms with Crippen LogP contribution in [0.2, 0.25) is 0 Å². The van der Waals surface area contributed by atoms with E-state index in [1.807, 2.05) is 0 Å². The average Bonchev–Trinajstić information content (AvgIpc) is 2.55. The van der Waals surface area contributed by atoms with Crippen LogP contribution in [0.5, 0.6) is 0 Å². The van der Waals surface area contributed by atoms with Gasteiger partial charge in [0.05, 0.1) is 5.54 Å². The highest BCUT2D eigenvalue weighted by atomic mass is 35.5. The molecule has 2 atom stereocenters. The van der Waals surface area contributed by atoms with Crippen LogP contribution in [0.3, 0.4) is 0 Å². The van der Waals surface area contributed by atoms with E-state index in [0.717, 1.165) is 18.8 Å². The number of carbonyl (C=O) groups excluding carboxylic acids is 1. The molecule has 2 unspecified atom stereocenters. The van der Waals surface area contributed by atoms with Crippen LogP contribution in [-0.4, -0.2) is 30.7 Å². The maximum atomic E-state index is 12.3. The van der Waals surface area contributed by atoms with Crippen LogP contribution >= 0.6 is 12.4 Å². The molecule has 5 heteroatoms. The molecule has 1 amide bonds. The second kappa shape index (κ2) is 7.46. The van der Waals surface area contributed by atoms with Crippen LogP contribution in [-0.2, 0) is 9.53 Å². The molecule has 0 aromatic carbocycles. The predicted molar refractivity (Wildman–Crippen MR) is 78.4 cm³/mol. The first-order valence-electron chi connectivity index (χ1n) is 7.28. The van der Waals surface area contributed by atoms with Gasteiger partial charge in [0, 0.05) is 19.3 Å². The molecule has 112 valence electrons. The van der Waals surface area contributed by atoms with Crippen molar-refractivity contribution in [3.8, 4) is 0 Å². The highest BCUT2D eigenvalue weighted by Crippen LogP contribution is 2.24. The van der Waals surface area contributed by atoms with Gasteiger partial charge in [0.15, 0.2) is 0 Å². The van der Waals surface area contributed by atoms with E-state index < -0.39 is 5.54 Å². The van der Waals surface area contributed by atoms with E-state index in [2.05, 4.69) is 12.2 Å². The van der Waals surface area contributed by atoms with Crippen LogP contribution in [0.4, 0.5) is 0 Å². The Kier molecular flexibility index (Phi) is 6.57. The molecule has 0 aromatic heterocycles. The van der Waals surface area contributed by atoms with E-state index >= 15 is 0 Å².